The van der Waals surface area contributed by atoms with Gasteiger partial charge in [-0.2, -0.15) is 5.26 Å². The third-order valence-corrected chi connectivity index (χ3v) is 3.20. The maximum Gasteiger partial charge on any atom is 0.266 e. The molecule has 5 heteroatoms. The van der Waals surface area contributed by atoms with E-state index in [0.29, 0.717) is 15.7 Å². The quantitative estimate of drug-likeness (QED) is 0.667. The Morgan fingerprint density at radius 3 is 2.48 bits per heavy atom. The second kappa shape index (κ2) is 6.94. The Kier molecular flexibility index (Phi) is 4.99. The summed E-state index contributed by atoms with van der Waals surface area (Å²) in [6.45, 7) is 0. The van der Waals surface area contributed by atoms with E-state index in [1.165, 1.54) is 12.1 Å². The molecule has 1 amide bonds. The van der Waals surface area contributed by atoms with Crippen molar-refractivity contribution in [2.75, 3.05) is 5.32 Å². The molecular weight excluding hydrogens is 307 g/mol. The molecule has 0 bridgehead atoms. The van der Waals surface area contributed by atoms with E-state index in [0.717, 1.165) is 5.56 Å². The zero-order valence-corrected chi connectivity index (χ0v) is 12.3. The number of halogens is 2. The van der Waals surface area contributed by atoms with Crippen LogP contribution in [-0.2, 0) is 4.79 Å². The average Bonchev–Trinajstić information content (AvgIpc) is 2.48. The summed E-state index contributed by atoms with van der Waals surface area (Å²) in [5.74, 6) is -0.523. The summed E-state index contributed by atoms with van der Waals surface area (Å²) >= 11 is 11.8. The van der Waals surface area contributed by atoms with Crippen molar-refractivity contribution in [3.8, 4) is 6.07 Å². The van der Waals surface area contributed by atoms with Gasteiger partial charge in [-0.1, -0.05) is 53.5 Å². The molecule has 0 aliphatic carbocycles. The lowest BCUT2D eigenvalue weighted by Gasteiger charge is -2.06. The van der Waals surface area contributed by atoms with Gasteiger partial charge in [-0.3, -0.25) is 4.79 Å². The van der Waals surface area contributed by atoms with Crippen LogP contribution in [0, 0.1) is 11.3 Å². The van der Waals surface area contributed by atoms with Gasteiger partial charge in [0.25, 0.3) is 5.91 Å². The van der Waals surface area contributed by atoms with Crippen LogP contribution in [0.2, 0.25) is 10.0 Å². The van der Waals surface area contributed by atoms with Gasteiger partial charge in [-0.25, -0.2) is 0 Å². The molecule has 2 aromatic rings. The van der Waals surface area contributed by atoms with E-state index in [1.54, 1.807) is 24.3 Å². The number of amides is 1. The lowest BCUT2D eigenvalue weighted by Crippen LogP contribution is -2.13. The van der Waals surface area contributed by atoms with Crippen LogP contribution in [-0.4, -0.2) is 5.91 Å². The van der Waals surface area contributed by atoms with E-state index >= 15 is 0 Å². The number of carbonyl (C=O) groups excluding carboxylic acids is 1. The minimum absolute atomic E-state index is 0.00721. The molecule has 0 radical (unpaired) electrons. The summed E-state index contributed by atoms with van der Waals surface area (Å²) in [6.07, 6.45) is 1.51. The third kappa shape index (κ3) is 4.09. The van der Waals surface area contributed by atoms with Crippen LogP contribution in [0.3, 0.4) is 0 Å². The van der Waals surface area contributed by atoms with Gasteiger partial charge in [0.15, 0.2) is 0 Å². The molecule has 0 spiro atoms. The van der Waals surface area contributed by atoms with Crippen molar-refractivity contribution in [2.24, 2.45) is 0 Å². The summed E-state index contributed by atoms with van der Waals surface area (Å²) in [6, 6.07) is 15.7. The molecule has 0 aliphatic rings. The second-order valence-corrected chi connectivity index (χ2v) is 5.00. The largest absolute Gasteiger partial charge is 0.320 e. The first-order chi connectivity index (χ1) is 10.1. The molecular formula is C16H10Cl2N2O. The summed E-state index contributed by atoms with van der Waals surface area (Å²) in [5, 5.41) is 12.5. The fourth-order valence-electron chi connectivity index (χ4n) is 1.65. The van der Waals surface area contributed by atoms with Crippen LogP contribution in [0.5, 0.6) is 0 Å². The van der Waals surface area contributed by atoms with Crippen LogP contribution < -0.4 is 5.32 Å². The normalized spacial score (nSPS) is 10.8. The minimum atomic E-state index is -0.523. The number of nitriles is 1. The number of hydrogen-bond donors (Lipinski definition) is 1. The van der Waals surface area contributed by atoms with Crippen molar-refractivity contribution >= 4 is 40.9 Å². The summed E-state index contributed by atoms with van der Waals surface area (Å²) in [7, 11) is 0. The Balaban J connectivity index is 2.22. The maximum absolute atomic E-state index is 12.1. The Hall–Kier alpha value is -2.28. The number of benzene rings is 2. The van der Waals surface area contributed by atoms with Crippen LogP contribution >= 0.6 is 23.2 Å². The molecule has 2 rings (SSSR count). The Morgan fingerprint density at radius 2 is 1.86 bits per heavy atom. The highest BCUT2D eigenvalue weighted by molar-refractivity contribution is 6.36. The average molecular weight is 317 g/mol. The summed E-state index contributed by atoms with van der Waals surface area (Å²) in [4.78, 5) is 12.1. The highest BCUT2D eigenvalue weighted by atomic mass is 35.5. The zero-order chi connectivity index (χ0) is 15.2. The monoisotopic (exact) mass is 316 g/mol. The Labute approximate surface area is 132 Å². The third-order valence-electron chi connectivity index (χ3n) is 2.65. The van der Waals surface area contributed by atoms with Crippen molar-refractivity contribution in [1.29, 1.82) is 5.26 Å². The van der Waals surface area contributed by atoms with Crippen LogP contribution in [0.25, 0.3) is 6.08 Å². The molecule has 3 nitrogen and oxygen atoms in total. The number of rotatable bonds is 3. The van der Waals surface area contributed by atoms with E-state index < -0.39 is 5.91 Å². The topological polar surface area (TPSA) is 52.9 Å². The molecule has 0 atom stereocenters. The molecule has 1 N–H and O–H groups in total. The van der Waals surface area contributed by atoms with Gasteiger partial charge in [0, 0.05) is 5.02 Å². The van der Waals surface area contributed by atoms with Crippen molar-refractivity contribution in [3.63, 3.8) is 0 Å². The Bertz CT molecular complexity index is 734. The SMILES string of the molecule is N#C/C(=C\c1ccccc1)C(=O)Nc1ccc(Cl)cc1Cl. The van der Waals surface area contributed by atoms with Crippen LogP contribution in [0.1, 0.15) is 5.56 Å². The maximum atomic E-state index is 12.1. The number of carbonyl (C=O) groups is 1. The summed E-state index contributed by atoms with van der Waals surface area (Å²) < 4.78 is 0. The molecule has 0 aromatic heterocycles. The highest BCUT2D eigenvalue weighted by Gasteiger charge is 2.11. The minimum Gasteiger partial charge on any atom is -0.320 e. The van der Waals surface area contributed by atoms with Gasteiger partial charge < -0.3 is 5.32 Å². The van der Waals surface area contributed by atoms with Crippen LogP contribution in [0.4, 0.5) is 5.69 Å². The molecule has 0 saturated carbocycles. The number of nitrogens with one attached hydrogen (secondary N) is 1. The second-order valence-electron chi connectivity index (χ2n) is 4.16. The van der Waals surface area contributed by atoms with Gasteiger partial charge in [-0.05, 0) is 29.8 Å². The van der Waals surface area contributed by atoms with E-state index in [2.05, 4.69) is 5.32 Å². The van der Waals surface area contributed by atoms with E-state index in [4.69, 9.17) is 28.5 Å². The van der Waals surface area contributed by atoms with Gasteiger partial charge in [0.05, 0.1) is 10.7 Å². The fourth-order valence-corrected chi connectivity index (χ4v) is 2.10. The molecule has 0 aliphatic heterocycles. The van der Waals surface area contributed by atoms with E-state index in [-0.39, 0.29) is 5.57 Å². The standard InChI is InChI=1S/C16H10Cl2N2O/c17-13-6-7-15(14(18)9-13)20-16(21)12(10-19)8-11-4-2-1-3-5-11/h1-9H,(H,20,21)/b12-8+. The predicted molar refractivity (Wildman–Crippen MR) is 85.1 cm³/mol. The number of hydrogen-bond acceptors (Lipinski definition) is 2. The number of nitrogens with zero attached hydrogens (tertiary/aromatic N) is 1. The van der Waals surface area contributed by atoms with Crippen molar-refractivity contribution in [3.05, 3.63) is 69.7 Å². The molecule has 21 heavy (non-hydrogen) atoms. The van der Waals surface area contributed by atoms with Crippen molar-refractivity contribution in [2.45, 2.75) is 0 Å². The predicted octanol–water partition coefficient (Wildman–Crippen LogP) is 4.54. The van der Waals surface area contributed by atoms with Gasteiger partial charge in [0.1, 0.15) is 11.6 Å². The lowest BCUT2D eigenvalue weighted by molar-refractivity contribution is -0.112. The first-order valence-electron chi connectivity index (χ1n) is 6.03. The number of anilines is 1. The van der Waals surface area contributed by atoms with Crippen LogP contribution in [0.15, 0.2) is 54.1 Å². The lowest BCUT2D eigenvalue weighted by atomic mass is 10.1. The molecule has 0 heterocycles. The van der Waals surface area contributed by atoms with Crippen molar-refractivity contribution in [1.82, 2.24) is 0 Å². The zero-order valence-electron chi connectivity index (χ0n) is 10.8. The first kappa shape index (κ1) is 15.1. The highest BCUT2D eigenvalue weighted by Crippen LogP contribution is 2.25. The van der Waals surface area contributed by atoms with Crippen molar-refractivity contribution < 1.29 is 4.79 Å². The molecule has 2 aromatic carbocycles. The van der Waals surface area contributed by atoms with E-state index in [9.17, 15) is 4.79 Å². The Morgan fingerprint density at radius 1 is 1.14 bits per heavy atom. The fraction of sp³-hybridized carbons (Fsp3) is 0. The smallest absolute Gasteiger partial charge is 0.266 e. The van der Waals surface area contributed by atoms with Gasteiger partial charge >= 0.3 is 0 Å². The molecule has 0 unspecified atom stereocenters. The van der Waals surface area contributed by atoms with E-state index in [1.807, 2.05) is 24.3 Å². The molecule has 0 saturated heterocycles. The summed E-state index contributed by atoms with van der Waals surface area (Å²) in [5.41, 5.74) is 1.17. The molecule has 0 fully saturated rings. The van der Waals surface area contributed by atoms with Gasteiger partial charge in [-0.15, -0.1) is 0 Å². The first-order valence-corrected chi connectivity index (χ1v) is 6.79. The molecule has 104 valence electrons. The van der Waals surface area contributed by atoms with Gasteiger partial charge in [0.2, 0.25) is 0 Å².